The average Bonchev–Trinajstić information content (AvgIpc) is 3.02. The smallest absolute Gasteiger partial charge is 0.306 e. The molecule has 1 aliphatic rings. The van der Waals surface area contributed by atoms with Crippen LogP contribution in [0.5, 0.6) is 0 Å². The van der Waals surface area contributed by atoms with E-state index in [0.717, 1.165) is 11.3 Å². The predicted octanol–water partition coefficient (Wildman–Crippen LogP) is 2.26. The molecule has 1 aromatic carbocycles. The molecule has 1 aliphatic heterocycles. The first-order valence-corrected chi connectivity index (χ1v) is 9.30. The van der Waals surface area contributed by atoms with Crippen molar-refractivity contribution in [2.45, 2.75) is 26.7 Å². The molecule has 0 spiro atoms. The number of ether oxygens (including phenoxy) is 1. The van der Waals surface area contributed by atoms with Crippen molar-refractivity contribution in [2.75, 3.05) is 37.7 Å². The van der Waals surface area contributed by atoms with Gasteiger partial charge in [-0.05, 0) is 32.4 Å². The summed E-state index contributed by atoms with van der Waals surface area (Å²) >= 11 is 0. The van der Waals surface area contributed by atoms with Gasteiger partial charge in [0.25, 0.3) is 5.91 Å². The molecule has 0 bridgehead atoms. The highest BCUT2D eigenvalue weighted by molar-refractivity contribution is 5.81. The molecule has 28 heavy (non-hydrogen) atoms. The second-order valence-corrected chi connectivity index (χ2v) is 6.78. The van der Waals surface area contributed by atoms with E-state index in [-0.39, 0.29) is 24.8 Å². The van der Waals surface area contributed by atoms with Crippen molar-refractivity contribution in [3.05, 3.63) is 47.1 Å². The van der Waals surface area contributed by atoms with Crippen LogP contribution < -0.4 is 4.90 Å². The number of halogens is 1. The maximum Gasteiger partial charge on any atom is 0.306 e. The van der Waals surface area contributed by atoms with E-state index in [0.29, 0.717) is 44.0 Å². The number of aromatic nitrogens is 1. The molecule has 2 heterocycles. The van der Waals surface area contributed by atoms with E-state index in [1.807, 2.05) is 11.8 Å². The Balaban J connectivity index is 1.41. The number of hydrogen-bond donors (Lipinski definition) is 0. The first kappa shape index (κ1) is 19.9. The Morgan fingerprint density at radius 2 is 1.89 bits per heavy atom. The standard InChI is InChI=1S/C20H24FN3O4/c1-14-16(15(2)28-22-14)7-8-20(26)27-13-19(25)24-11-9-23(10-12-24)18-6-4-3-5-17(18)21/h3-6H,7-13H2,1-2H3. The van der Waals surface area contributed by atoms with Crippen molar-refractivity contribution in [3.63, 3.8) is 0 Å². The number of aryl methyl sites for hydroxylation is 2. The van der Waals surface area contributed by atoms with Crippen LogP contribution >= 0.6 is 0 Å². The van der Waals surface area contributed by atoms with Gasteiger partial charge >= 0.3 is 5.97 Å². The second kappa shape index (κ2) is 8.86. The molecule has 1 saturated heterocycles. The van der Waals surface area contributed by atoms with Crippen LogP contribution in [0.25, 0.3) is 0 Å². The minimum Gasteiger partial charge on any atom is -0.456 e. The highest BCUT2D eigenvalue weighted by Crippen LogP contribution is 2.20. The number of nitrogens with zero attached hydrogens (tertiary/aromatic N) is 3. The van der Waals surface area contributed by atoms with E-state index >= 15 is 0 Å². The van der Waals surface area contributed by atoms with E-state index in [4.69, 9.17) is 9.26 Å². The van der Waals surface area contributed by atoms with Gasteiger partial charge in [0, 0.05) is 38.2 Å². The van der Waals surface area contributed by atoms with Crippen molar-refractivity contribution in [3.8, 4) is 0 Å². The minimum absolute atomic E-state index is 0.164. The highest BCUT2D eigenvalue weighted by Gasteiger charge is 2.23. The Labute approximate surface area is 163 Å². The first-order valence-electron chi connectivity index (χ1n) is 9.30. The Morgan fingerprint density at radius 1 is 1.18 bits per heavy atom. The molecular weight excluding hydrogens is 365 g/mol. The molecule has 0 saturated carbocycles. The highest BCUT2D eigenvalue weighted by atomic mass is 19.1. The Hall–Kier alpha value is -2.90. The first-order chi connectivity index (χ1) is 13.5. The Bertz CT molecular complexity index is 824. The van der Waals surface area contributed by atoms with E-state index in [2.05, 4.69) is 5.16 Å². The fourth-order valence-electron chi connectivity index (χ4n) is 3.30. The van der Waals surface area contributed by atoms with Gasteiger partial charge in [0.2, 0.25) is 0 Å². The largest absolute Gasteiger partial charge is 0.456 e. The Kier molecular flexibility index (Phi) is 6.28. The number of carbonyl (C=O) groups is 2. The van der Waals surface area contributed by atoms with Crippen LogP contribution in [0, 0.1) is 19.7 Å². The zero-order valence-corrected chi connectivity index (χ0v) is 16.1. The molecule has 2 aromatic rings. The van der Waals surface area contributed by atoms with Crippen molar-refractivity contribution in [1.29, 1.82) is 0 Å². The topological polar surface area (TPSA) is 75.9 Å². The minimum atomic E-state index is -0.432. The summed E-state index contributed by atoms with van der Waals surface area (Å²) in [5, 5.41) is 3.85. The van der Waals surface area contributed by atoms with Gasteiger partial charge in [-0.25, -0.2) is 4.39 Å². The molecule has 0 atom stereocenters. The van der Waals surface area contributed by atoms with Crippen LogP contribution in [0.2, 0.25) is 0 Å². The van der Waals surface area contributed by atoms with Gasteiger partial charge in [0.05, 0.1) is 11.4 Å². The number of anilines is 1. The zero-order chi connectivity index (χ0) is 20.1. The molecule has 1 amide bonds. The van der Waals surface area contributed by atoms with Gasteiger partial charge in [0.15, 0.2) is 6.61 Å². The molecule has 0 unspecified atom stereocenters. The number of benzene rings is 1. The fourth-order valence-corrected chi connectivity index (χ4v) is 3.30. The van der Waals surface area contributed by atoms with Crippen LogP contribution in [0.15, 0.2) is 28.8 Å². The molecule has 0 aliphatic carbocycles. The number of piperazine rings is 1. The summed E-state index contributed by atoms with van der Waals surface area (Å²) < 4.78 is 24.0. The monoisotopic (exact) mass is 389 g/mol. The third kappa shape index (κ3) is 4.68. The summed E-state index contributed by atoms with van der Waals surface area (Å²) in [5.74, 6) is -0.249. The van der Waals surface area contributed by atoms with E-state index < -0.39 is 5.97 Å². The van der Waals surface area contributed by atoms with Crippen LogP contribution in [0.1, 0.15) is 23.4 Å². The summed E-state index contributed by atoms with van der Waals surface area (Å²) in [6.07, 6.45) is 0.632. The maximum absolute atomic E-state index is 13.9. The molecule has 150 valence electrons. The molecule has 1 fully saturated rings. The summed E-state index contributed by atoms with van der Waals surface area (Å²) in [4.78, 5) is 27.8. The second-order valence-electron chi connectivity index (χ2n) is 6.78. The van der Waals surface area contributed by atoms with Gasteiger partial charge in [-0.1, -0.05) is 17.3 Å². The number of amides is 1. The lowest BCUT2D eigenvalue weighted by Gasteiger charge is -2.36. The van der Waals surface area contributed by atoms with Crippen LogP contribution in [0.4, 0.5) is 10.1 Å². The predicted molar refractivity (Wildman–Crippen MR) is 100 cm³/mol. The number of hydrogen-bond acceptors (Lipinski definition) is 6. The Morgan fingerprint density at radius 3 is 2.54 bits per heavy atom. The number of esters is 1. The van der Waals surface area contributed by atoms with Crippen LogP contribution in [0.3, 0.4) is 0 Å². The summed E-state index contributed by atoms with van der Waals surface area (Å²) in [7, 11) is 0. The normalized spacial score (nSPS) is 14.2. The van der Waals surface area contributed by atoms with Gasteiger partial charge in [-0.2, -0.15) is 0 Å². The lowest BCUT2D eigenvalue weighted by molar-refractivity contribution is -0.152. The lowest BCUT2D eigenvalue weighted by atomic mass is 10.1. The van der Waals surface area contributed by atoms with E-state index in [1.54, 1.807) is 30.0 Å². The van der Waals surface area contributed by atoms with Gasteiger partial charge in [0.1, 0.15) is 11.6 Å². The van der Waals surface area contributed by atoms with E-state index in [9.17, 15) is 14.0 Å². The van der Waals surface area contributed by atoms with Gasteiger partial charge < -0.3 is 19.1 Å². The summed E-state index contributed by atoms with van der Waals surface area (Å²) in [6, 6.07) is 6.60. The molecule has 1 aromatic heterocycles. The quantitative estimate of drug-likeness (QED) is 0.706. The summed E-state index contributed by atoms with van der Waals surface area (Å²) in [5.41, 5.74) is 2.20. The number of carbonyl (C=O) groups excluding carboxylic acids is 2. The molecule has 8 heteroatoms. The lowest BCUT2D eigenvalue weighted by Crippen LogP contribution is -2.50. The average molecular weight is 389 g/mol. The van der Waals surface area contributed by atoms with Crippen molar-refractivity contribution >= 4 is 17.6 Å². The van der Waals surface area contributed by atoms with E-state index in [1.165, 1.54) is 6.07 Å². The number of rotatable bonds is 6. The molecule has 7 nitrogen and oxygen atoms in total. The van der Waals surface area contributed by atoms with Crippen LogP contribution in [-0.2, 0) is 20.7 Å². The van der Waals surface area contributed by atoms with Gasteiger partial charge in [-0.15, -0.1) is 0 Å². The van der Waals surface area contributed by atoms with Crippen LogP contribution in [-0.4, -0.2) is 54.7 Å². The molecular formula is C20H24FN3O4. The third-order valence-electron chi connectivity index (χ3n) is 4.94. The maximum atomic E-state index is 13.9. The SMILES string of the molecule is Cc1noc(C)c1CCC(=O)OCC(=O)N1CCN(c2ccccc2F)CC1. The molecule has 0 N–H and O–H groups in total. The third-order valence-corrected chi connectivity index (χ3v) is 4.94. The van der Waals surface area contributed by atoms with Crippen molar-refractivity contribution < 1.29 is 23.2 Å². The summed E-state index contributed by atoms with van der Waals surface area (Å²) in [6.45, 7) is 5.33. The van der Waals surface area contributed by atoms with Crippen molar-refractivity contribution in [1.82, 2.24) is 10.1 Å². The number of para-hydroxylation sites is 1. The molecule has 0 radical (unpaired) electrons. The fraction of sp³-hybridized carbons (Fsp3) is 0.450. The molecule has 3 rings (SSSR count). The zero-order valence-electron chi connectivity index (χ0n) is 16.1. The van der Waals surface area contributed by atoms with Crippen molar-refractivity contribution in [2.24, 2.45) is 0 Å². The van der Waals surface area contributed by atoms with Gasteiger partial charge in [-0.3, -0.25) is 9.59 Å².